The number of ether oxygens (including phenoxy) is 4. The minimum atomic E-state index is -1.60. The number of esters is 2. The number of carbonyl (C=O) groups excluding carboxylic acids is 2. The molecule has 0 aromatic heterocycles. The maximum Gasteiger partial charge on any atom is 0.306 e. The fourth-order valence-corrected chi connectivity index (χ4v) is 4.99. The van der Waals surface area contributed by atoms with Gasteiger partial charge in [0.1, 0.15) is 31.0 Å². The Morgan fingerprint density at radius 1 is 0.653 bits per heavy atom. The molecule has 0 radical (unpaired) electrons. The first kappa shape index (κ1) is 44.4. The quantitative estimate of drug-likeness (QED) is 0.0417. The average Bonchev–Trinajstić information content (AvgIpc) is 3.10. The standard InChI is InChI=1S/C39H64O10/c1-3-5-7-9-11-12-13-14-15-16-17-18-19-20-22-24-26-28-35(42)48-32(30-46-34(41)27-25-23-21-10-8-6-4-2)31-47-39-38(45)37(44)36(43)33(29-40)49-39/h5,7,11-12,14-15,17-18,20,22,32-33,36-40,43-45H,3-4,6,8-10,13,16,19,21,23-31H2,1-2H3/b7-5+,12-11+,15-14+,18-17+,22-20+/t32-,33+,36-,37?,38?,39+/m1/s1. The second-order valence-corrected chi connectivity index (χ2v) is 12.3. The zero-order chi connectivity index (χ0) is 36.0. The van der Waals surface area contributed by atoms with Crippen LogP contribution >= 0.6 is 0 Å². The molecule has 0 amide bonds. The Hall–Kier alpha value is -2.60. The maximum atomic E-state index is 12.6. The third-order valence-electron chi connectivity index (χ3n) is 7.92. The number of hydrogen-bond acceptors (Lipinski definition) is 10. The Morgan fingerprint density at radius 3 is 1.80 bits per heavy atom. The summed E-state index contributed by atoms with van der Waals surface area (Å²) >= 11 is 0. The molecule has 1 aliphatic heterocycles. The smallest absolute Gasteiger partial charge is 0.306 e. The van der Waals surface area contributed by atoms with Crippen LogP contribution in [0.25, 0.3) is 0 Å². The van der Waals surface area contributed by atoms with Crippen molar-refractivity contribution < 1.29 is 49.0 Å². The van der Waals surface area contributed by atoms with Crippen LogP contribution in [0.2, 0.25) is 0 Å². The summed E-state index contributed by atoms with van der Waals surface area (Å²) < 4.78 is 21.9. The van der Waals surface area contributed by atoms with E-state index in [0.29, 0.717) is 19.3 Å². The highest BCUT2D eigenvalue weighted by atomic mass is 16.7. The van der Waals surface area contributed by atoms with E-state index in [-0.39, 0.29) is 26.1 Å². The second kappa shape index (κ2) is 30.2. The van der Waals surface area contributed by atoms with Crippen molar-refractivity contribution in [1.29, 1.82) is 0 Å². The number of rotatable bonds is 28. The molecule has 1 aliphatic rings. The third kappa shape index (κ3) is 22.7. The lowest BCUT2D eigenvalue weighted by atomic mass is 9.99. The molecule has 0 bridgehead atoms. The molecule has 0 spiro atoms. The normalized spacial score (nSPS) is 22.3. The molecule has 10 heteroatoms. The molecule has 280 valence electrons. The molecule has 0 saturated carbocycles. The van der Waals surface area contributed by atoms with Gasteiger partial charge >= 0.3 is 11.9 Å². The number of unbranched alkanes of at least 4 members (excludes halogenated alkanes) is 7. The average molecular weight is 693 g/mol. The fraction of sp³-hybridized carbons (Fsp3) is 0.692. The van der Waals surface area contributed by atoms with E-state index in [0.717, 1.165) is 51.4 Å². The van der Waals surface area contributed by atoms with Crippen molar-refractivity contribution in [1.82, 2.24) is 0 Å². The molecule has 6 atom stereocenters. The Bertz CT molecular complexity index is 986. The Balaban J connectivity index is 2.45. The largest absolute Gasteiger partial charge is 0.462 e. The highest BCUT2D eigenvalue weighted by Gasteiger charge is 2.44. The van der Waals surface area contributed by atoms with Gasteiger partial charge in [0, 0.05) is 12.8 Å². The van der Waals surface area contributed by atoms with Gasteiger partial charge in [-0.2, -0.15) is 0 Å². The van der Waals surface area contributed by atoms with Crippen LogP contribution in [-0.2, 0) is 28.5 Å². The van der Waals surface area contributed by atoms with Crippen LogP contribution in [0, 0.1) is 0 Å². The van der Waals surface area contributed by atoms with E-state index in [1.165, 1.54) is 19.3 Å². The molecule has 49 heavy (non-hydrogen) atoms. The van der Waals surface area contributed by atoms with Gasteiger partial charge in [-0.15, -0.1) is 0 Å². The zero-order valence-corrected chi connectivity index (χ0v) is 29.9. The topological polar surface area (TPSA) is 152 Å². The van der Waals surface area contributed by atoms with Gasteiger partial charge in [-0.3, -0.25) is 9.59 Å². The van der Waals surface area contributed by atoms with E-state index in [2.05, 4.69) is 68.5 Å². The van der Waals surface area contributed by atoms with E-state index < -0.39 is 55.4 Å². The number of hydrogen-bond donors (Lipinski definition) is 4. The van der Waals surface area contributed by atoms with Gasteiger partial charge in [-0.05, 0) is 51.4 Å². The van der Waals surface area contributed by atoms with Crippen molar-refractivity contribution in [3.8, 4) is 0 Å². The summed E-state index contributed by atoms with van der Waals surface area (Å²) in [4.78, 5) is 25.0. The first-order valence-corrected chi connectivity index (χ1v) is 18.4. The monoisotopic (exact) mass is 692 g/mol. The molecule has 0 aromatic rings. The molecular formula is C39H64O10. The maximum absolute atomic E-state index is 12.6. The van der Waals surface area contributed by atoms with Crippen molar-refractivity contribution in [3.63, 3.8) is 0 Å². The van der Waals surface area contributed by atoms with E-state index in [1.807, 2.05) is 6.08 Å². The molecule has 1 rings (SSSR count). The van der Waals surface area contributed by atoms with Crippen LogP contribution in [0.15, 0.2) is 60.8 Å². The van der Waals surface area contributed by atoms with Gasteiger partial charge in [0.05, 0.1) is 13.2 Å². The first-order chi connectivity index (χ1) is 23.8. The Labute approximate surface area is 294 Å². The van der Waals surface area contributed by atoms with Gasteiger partial charge in [-0.25, -0.2) is 0 Å². The first-order valence-electron chi connectivity index (χ1n) is 18.4. The lowest BCUT2D eigenvalue weighted by molar-refractivity contribution is -0.305. The van der Waals surface area contributed by atoms with Crippen LogP contribution in [0.5, 0.6) is 0 Å². The number of aliphatic hydroxyl groups excluding tert-OH is 4. The van der Waals surface area contributed by atoms with Gasteiger partial charge in [-0.1, -0.05) is 113 Å². The number of aliphatic hydroxyl groups is 4. The SMILES string of the molecule is CC/C=C/C/C=C/C/C=C/C/C=C/C/C=C/CCCC(=O)O[C@H](COC(=O)CCCCCCCCC)CO[C@H]1O[C@@H](CO)[C@@H](O)C(O)C1O. The van der Waals surface area contributed by atoms with E-state index >= 15 is 0 Å². The van der Waals surface area contributed by atoms with Gasteiger partial charge in [0.15, 0.2) is 12.4 Å². The number of allylic oxidation sites excluding steroid dienone is 10. The van der Waals surface area contributed by atoms with Crippen molar-refractivity contribution in [3.05, 3.63) is 60.8 Å². The highest BCUT2D eigenvalue weighted by Crippen LogP contribution is 2.22. The molecule has 10 nitrogen and oxygen atoms in total. The van der Waals surface area contributed by atoms with Crippen LogP contribution in [-0.4, -0.2) is 89.0 Å². The minimum Gasteiger partial charge on any atom is -0.462 e. The molecule has 1 heterocycles. The molecule has 1 fully saturated rings. The predicted molar refractivity (Wildman–Crippen MR) is 191 cm³/mol. The van der Waals surface area contributed by atoms with Gasteiger partial charge in [0.2, 0.25) is 0 Å². The Morgan fingerprint density at radius 2 is 1.20 bits per heavy atom. The lowest BCUT2D eigenvalue weighted by Gasteiger charge is -2.39. The van der Waals surface area contributed by atoms with Crippen LogP contribution in [0.3, 0.4) is 0 Å². The van der Waals surface area contributed by atoms with Crippen molar-refractivity contribution in [2.45, 2.75) is 153 Å². The third-order valence-corrected chi connectivity index (χ3v) is 7.92. The summed E-state index contributed by atoms with van der Waals surface area (Å²) in [6.07, 6.45) is 26.9. The van der Waals surface area contributed by atoms with Crippen LogP contribution < -0.4 is 0 Å². The summed E-state index contributed by atoms with van der Waals surface area (Å²) in [6, 6.07) is 0. The van der Waals surface area contributed by atoms with Gasteiger partial charge < -0.3 is 39.4 Å². The predicted octanol–water partition coefficient (Wildman–Crippen LogP) is 6.32. The van der Waals surface area contributed by atoms with Crippen molar-refractivity contribution in [2.24, 2.45) is 0 Å². The molecule has 2 unspecified atom stereocenters. The summed E-state index contributed by atoms with van der Waals surface area (Å²) in [6.45, 7) is 3.16. The highest BCUT2D eigenvalue weighted by molar-refractivity contribution is 5.70. The van der Waals surface area contributed by atoms with E-state index in [1.54, 1.807) is 0 Å². The van der Waals surface area contributed by atoms with Crippen molar-refractivity contribution >= 4 is 11.9 Å². The van der Waals surface area contributed by atoms with Crippen LogP contribution in [0.1, 0.15) is 117 Å². The van der Waals surface area contributed by atoms with Crippen molar-refractivity contribution in [2.75, 3.05) is 19.8 Å². The lowest BCUT2D eigenvalue weighted by Crippen LogP contribution is -2.59. The summed E-state index contributed by atoms with van der Waals surface area (Å²) in [5, 5.41) is 39.8. The zero-order valence-electron chi connectivity index (χ0n) is 29.9. The molecular weight excluding hydrogens is 628 g/mol. The van der Waals surface area contributed by atoms with E-state index in [9.17, 15) is 30.0 Å². The summed E-state index contributed by atoms with van der Waals surface area (Å²) in [7, 11) is 0. The fourth-order valence-electron chi connectivity index (χ4n) is 4.99. The molecule has 0 aromatic carbocycles. The van der Waals surface area contributed by atoms with E-state index in [4.69, 9.17) is 18.9 Å². The van der Waals surface area contributed by atoms with Gasteiger partial charge in [0.25, 0.3) is 0 Å². The molecule has 4 N–H and O–H groups in total. The number of carbonyl (C=O) groups is 2. The Kier molecular flexibility index (Phi) is 27.4. The molecule has 0 aliphatic carbocycles. The summed E-state index contributed by atoms with van der Waals surface area (Å²) in [5.74, 6) is -0.890. The molecule has 1 saturated heterocycles. The van der Waals surface area contributed by atoms with Crippen LogP contribution in [0.4, 0.5) is 0 Å². The minimum absolute atomic E-state index is 0.150. The summed E-state index contributed by atoms with van der Waals surface area (Å²) in [5.41, 5.74) is 0. The second-order valence-electron chi connectivity index (χ2n) is 12.3.